The zero-order chi connectivity index (χ0) is 13.8. The average molecular weight is 256 g/mol. The van der Waals surface area contributed by atoms with Crippen molar-refractivity contribution in [1.29, 1.82) is 0 Å². The Morgan fingerprint density at radius 2 is 1.89 bits per heavy atom. The Labute approximate surface area is 109 Å². The summed E-state index contributed by atoms with van der Waals surface area (Å²) in [7, 11) is 0. The van der Waals surface area contributed by atoms with E-state index >= 15 is 0 Å². The number of carbonyl (C=O) groups is 2. The molecule has 0 aliphatic heterocycles. The molecular weight excluding hydrogens is 232 g/mol. The van der Waals surface area contributed by atoms with Gasteiger partial charge < -0.3 is 9.84 Å². The Balaban J connectivity index is 0.000000631. The molecule has 0 bridgehead atoms. The summed E-state index contributed by atoms with van der Waals surface area (Å²) < 4.78 is 4.93. The Morgan fingerprint density at radius 1 is 1.33 bits per heavy atom. The minimum absolute atomic E-state index is 0.0736. The second kappa shape index (κ2) is 10.8. The van der Waals surface area contributed by atoms with Gasteiger partial charge in [-0.05, 0) is 12.3 Å². The SMILES string of the molecule is C=CCOC(=O)CCC1CCCCC1.CC(=O)O. The van der Waals surface area contributed by atoms with Crippen LogP contribution in [0.25, 0.3) is 0 Å². The van der Waals surface area contributed by atoms with Crippen LogP contribution in [0.5, 0.6) is 0 Å². The maximum Gasteiger partial charge on any atom is 0.306 e. The summed E-state index contributed by atoms with van der Waals surface area (Å²) in [6, 6.07) is 0. The van der Waals surface area contributed by atoms with E-state index in [1.807, 2.05) is 0 Å². The third-order valence-electron chi connectivity index (χ3n) is 2.84. The summed E-state index contributed by atoms with van der Waals surface area (Å²) in [5.74, 6) is -0.143. The summed E-state index contributed by atoms with van der Waals surface area (Å²) in [5, 5.41) is 7.42. The summed E-state index contributed by atoms with van der Waals surface area (Å²) in [4.78, 5) is 20.2. The molecule has 1 aliphatic rings. The van der Waals surface area contributed by atoms with Crippen LogP contribution in [0.1, 0.15) is 51.9 Å². The first-order valence-corrected chi connectivity index (χ1v) is 6.52. The van der Waals surface area contributed by atoms with Crippen LogP contribution in [0.4, 0.5) is 0 Å². The minimum Gasteiger partial charge on any atom is -0.481 e. The van der Waals surface area contributed by atoms with Crippen molar-refractivity contribution in [1.82, 2.24) is 0 Å². The van der Waals surface area contributed by atoms with Crippen LogP contribution in [0, 0.1) is 5.92 Å². The fourth-order valence-electron chi connectivity index (χ4n) is 2.02. The third kappa shape index (κ3) is 11.2. The zero-order valence-corrected chi connectivity index (χ0v) is 11.2. The molecule has 0 atom stereocenters. The molecule has 4 heteroatoms. The lowest BCUT2D eigenvalue weighted by Crippen LogP contribution is -2.10. The Hall–Kier alpha value is -1.32. The highest BCUT2D eigenvalue weighted by Gasteiger charge is 2.14. The zero-order valence-electron chi connectivity index (χ0n) is 11.2. The Bertz CT molecular complexity index is 251. The fourth-order valence-corrected chi connectivity index (χ4v) is 2.02. The number of carboxylic acid groups (broad SMARTS) is 1. The summed E-state index contributed by atoms with van der Waals surface area (Å²) in [5.41, 5.74) is 0. The van der Waals surface area contributed by atoms with E-state index in [2.05, 4.69) is 6.58 Å². The van der Waals surface area contributed by atoms with Gasteiger partial charge in [-0.1, -0.05) is 44.8 Å². The number of aliphatic carboxylic acids is 1. The first-order chi connectivity index (χ1) is 8.56. The van der Waals surface area contributed by atoms with Crippen LogP contribution in [0.2, 0.25) is 0 Å². The first-order valence-electron chi connectivity index (χ1n) is 6.52. The van der Waals surface area contributed by atoms with E-state index in [-0.39, 0.29) is 5.97 Å². The van der Waals surface area contributed by atoms with Gasteiger partial charge in [-0.15, -0.1) is 0 Å². The average Bonchev–Trinajstić information content (AvgIpc) is 2.34. The van der Waals surface area contributed by atoms with Crippen LogP contribution in [-0.4, -0.2) is 23.7 Å². The van der Waals surface area contributed by atoms with E-state index in [1.165, 1.54) is 32.1 Å². The van der Waals surface area contributed by atoms with Gasteiger partial charge in [0, 0.05) is 13.3 Å². The normalized spacial score (nSPS) is 15.2. The minimum atomic E-state index is -0.833. The predicted octanol–water partition coefficient (Wildman–Crippen LogP) is 3.17. The van der Waals surface area contributed by atoms with E-state index in [0.29, 0.717) is 13.0 Å². The molecule has 18 heavy (non-hydrogen) atoms. The molecule has 0 aromatic heterocycles. The number of esters is 1. The summed E-state index contributed by atoms with van der Waals surface area (Å²) in [6.07, 6.45) is 9.85. The largest absolute Gasteiger partial charge is 0.481 e. The van der Waals surface area contributed by atoms with E-state index in [0.717, 1.165) is 19.3 Å². The van der Waals surface area contributed by atoms with Crippen molar-refractivity contribution in [2.45, 2.75) is 51.9 Å². The molecule has 0 spiro atoms. The number of carboxylic acids is 1. The van der Waals surface area contributed by atoms with Gasteiger partial charge >= 0.3 is 5.97 Å². The molecule has 0 saturated heterocycles. The highest BCUT2D eigenvalue weighted by atomic mass is 16.5. The lowest BCUT2D eigenvalue weighted by atomic mass is 9.86. The molecule has 1 aliphatic carbocycles. The molecule has 0 heterocycles. The van der Waals surface area contributed by atoms with Crippen LogP contribution in [0.15, 0.2) is 12.7 Å². The smallest absolute Gasteiger partial charge is 0.306 e. The van der Waals surface area contributed by atoms with Crippen molar-refractivity contribution in [3.8, 4) is 0 Å². The highest BCUT2D eigenvalue weighted by molar-refractivity contribution is 5.69. The molecule has 0 amide bonds. The van der Waals surface area contributed by atoms with Gasteiger partial charge in [0.15, 0.2) is 0 Å². The topological polar surface area (TPSA) is 63.6 Å². The van der Waals surface area contributed by atoms with Crippen molar-refractivity contribution >= 4 is 11.9 Å². The summed E-state index contributed by atoms with van der Waals surface area (Å²) >= 11 is 0. The van der Waals surface area contributed by atoms with Gasteiger partial charge in [0.1, 0.15) is 6.61 Å². The quantitative estimate of drug-likeness (QED) is 0.606. The lowest BCUT2D eigenvalue weighted by Gasteiger charge is -2.20. The van der Waals surface area contributed by atoms with Crippen LogP contribution in [0.3, 0.4) is 0 Å². The number of rotatable bonds is 5. The first kappa shape index (κ1) is 16.7. The molecule has 0 aromatic rings. The van der Waals surface area contributed by atoms with Crippen molar-refractivity contribution in [2.24, 2.45) is 5.92 Å². The highest BCUT2D eigenvalue weighted by Crippen LogP contribution is 2.27. The molecule has 0 radical (unpaired) electrons. The van der Waals surface area contributed by atoms with Gasteiger partial charge in [0.25, 0.3) is 5.97 Å². The van der Waals surface area contributed by atoms with Gasteiger partial charge in [0.05, 0.1) is 0 Å². The molecule has 1 rings (SSSR count). The standard InChI is InChI=1S/C12H20O2.C2H4O2/c1-2-10-14-12(13)9-8-11-6-4-3-5-7-11;1-2(3)4/h2,11H,1,3-10H2;1H3,(H,3,4). The van der Waals surface area contributed by atoms with Gasteiger partial charge in [-0.25, -0.2) is 0 Å². The maximum absolute atomic E-state index is 11.2. The van der Waals surface area contributed by atoms with E-state index < -0.39 is 5.97 Å². The number of carbonyl (C=O) groups excluding carboxylic acids is 1. The fraction of sp³-hybridized carbons (Fsp3) is 0.714. The second-order valence-corrected chi connectivity index (χ2v) is 4.53. The number of hydrogen-bond acceptors (Lipinski definition) is 3. The predicted molar refractivity (Wildman–Crippen MR) is 70.3 cm³/mol. The Morgan fingerprint density at radius 3 is 2.39 bits per heavy atom. The summed E-state index contributed by atoms with van der Waals surface area (Å²) in [6.45, 7) is 4.94. The van der Waals surface area contributed by atoms with Crippen molar-refractivity contribution in [3.05, 3.63) is 12.7 Å². The molecular formula is C14H24O4. The molecule has 4 nitrogen and oxygen atoms in total. The molecule has 1 N–H and O–H groups in total. The number of hydrogen-bond donors (Lipinski definition) is 1. The van der Waals surface area contributed by atoms with Gasteiger partial charge in [0.2, 0.25) is 0 Å². The number of ether oxygens (including phenoxy) is 1. The van der Waals surface area contributed by atoms with E-state index in [9.17, 15) is 4.79 Å². The monoisotopic (exact) mass is 256 g/mol. The molecule has 0 aromatic carbocycles. The van der Waals surface area contributed by atoms with E-state index in [1.54, 1.807) is 6.08 Å². The molecule has 104 valence electrons. The van der Waals surface area contributed by atoms with Crippen molar-refractivity contribution in [2.75, 3.05) is 6.61 Å². The van der Waals surface area contributed by atoms with Crippen molar-refractivity contribution < 1.29 is 19.4 Å². The maximum atomic E-state index is 11.2. The van der Waals surface area contributed by atoms with Crippen LogP contribution >= 0.6 is 0 Å². The lowest BCUT2D eigenvalue weighted by molar-refractivity contribution is -0.142. The van der Waals surface area contributed by atoms with Gasteiger partial charge in [-0.3, -0.25) is 9.59 Å². The van der Waals surface area contributed by atoms with Crippen LogP contribution in [-0.2, 0) is 14.3 Å². The van der Waals surface area contributed by atoms with Gasteiger partial charge in [-0.2, -0.15) is 0 Å². The molecule has 1 saturated carbocycles. The molecule has 0 unspecified atom stereocenters. The molecule has 1 fully saturated rings. The second-order valence-electron chi connectivity index (χ2n) is 4.53. The van der Waals surface area contributed by atoms with E-state index in [4.69, 9.17) is 14.6 Å². The van der Waals surface area contributed by atoms with Crippen molar-refractivity contribution in [3.63, 3.8) is 0 Å². The Kier molecular flexibility index (Phi) is 10.0. The third-order valence-corrected chi connectivity index (χ3v) is 2.84. The van der Waals surface area contributed by atoms with Crippen LogP contribution < -0.4 is 0 Å².